The quantitative estimate of drug-likeness (QED) is 0.736. The topological polar surface area (TPSA) is 70.2 Å². The number of aryl methyl sites for hydroxylation is 1. The van der Waals surface area contributed by atoms with Crippen LogP contribution in [0.15, 0.2) is 18.2 Å². The van der Waals surface area contributed by atoms with E-state index >= 15 is 0 Å². The number of amides is 2. The van der Waals surface area contributed by atoms with Crippen LogP contribution in [0.1, 0.15) is 12.0 Å². The van der Waals surface area contributed by atoms with Crippen LogP contribution < -0.4 is 16.2 Å². The summed E-state index contributed by atoms with van der Waals surface area (Å²) in [5.74, 6) is -0.443. The second-order valence-electron chi connectivity index (χ2n) is 3.90. The molecule has 0 bridgehead atoms. The lowest BCUT2D eigenvalue weighted by Gasteiger charge is -2.12. The molecule has 1 aromatic carbocycles. The Bertz CT molecular complexity index is 476. The predicted molar refractivity (Wildman–Crippen MR) is 64.5 cm³/mol. The van der Waals surface area contributed by atoms with Gasteiger partial charge < -0.3 is 5.32 Å². The molecule has 0 radical (unpaired) electrons. The molecule has 1 aliphatic rings. The third-order valence-electron chi connectivity index (χ3n) is 2.55. The van der Waals surface area contributed by atoms with Gasteiger partial charge in [-0.1, -0.05) is 17.7 Å². The van der Waals surface area contributed by atoms with E-state index in [1.54, 1.807) is 12.1 Å². The minimum absolute atomic E-state index is 0.144. The maximum atomic E-state index is 11.8. The van der Waals surface area contributed by atoms with Crippen LogP contribution in [0, 0.1) is 6.92 Å². The van der Waals surface area contributed by atoms with E-state index in [0.29, 0.717) is 10.7 Å². The van der Waals surface area contributed by atoms with Crippen LogP contribution >= 0.6 is 11.6 Å². The van der Waals surface area contributed by atoms with Crippen LogP contribution in [0.25, 0.3) is 0 Å². The number of nitrogens with one attached hydrogen (secondary N) is 3. The van der Waals surface area contributed by atoms with E-state index in [4.69, 9.17) is 11.6 Å². The summed E-state index contributed by atoms with van der Waals surface area (Å²) in [6.07, 6.45) is 0.144. The van der Waals surface area contributed by atoms with Gasteiger partial charge in [0, 0.05) is 10.7 Å². The van der Waals surface area contributed by atoms with E-state index in [2.05, 4.69) is 16.2 Å². The molecular weight excluding hydrogens is 242 g/mol. The van der Waals surface area contributed by atoms with Crippen LogP contribution in [-0.4, -0.2) is 17.9 Å². The first-order chi connectivity index (χ1) is 8.06. The zero-order valence-corrected chi connectivity index (χ0v) is 9.97. The second kappa shape index (κ2) is 4.73. The molecule has 2 rings (SSSR count). The largest absolute Gasteiger partial charge is 0.324 e. The van der Waals surface area contributed by atoms with Gasteiger partial charge in [-0.25, -0.2) is 5.43 Å². The predicted octanol–water partition coefficient (Wildman–Crippen LogP) is 0.980. The van der Waals surface area contributed by atoms with Crippen molar-refractivity contribution in [3.05, 3.63) is 28.8 Å². The van der Waals surface area contributed by atoms with E-state index < -0.39 is 6.04 Å². The zero-order chi connectivity index (χ0) is 12.4. The molecule has 0 spiro atoms. The Morgan fingerprint density at radius 1 is 1.53 bits per heavy atom. The fourth-order valence-corrected chi connectivity index (χ4v) is 1.73. The molecule has 1 heterocycles. The average molecular weight is 254 g/mol. The maximum Gasteiger partial charge on any atom is 0.243 e. The van der Waals surface area contributed by atoms with Gasteiger partial charge in [0.1, 0.15) is 6.04 Å². The molecule has 0 aliphatic carbocycles. The van der Waals surface area contributed by atoms with Gasteiger partial charge in [-0.2, -0.15) is 0 Å². The highest BCUT2D eigenvalue weighted by Gasteiger charge is 2.27. The van der Waals surface area contributed by atoms with Gasteiger partial charge in [0.15, 0.2) is 0 Å². The average Bonchev–Trinajstić information content (AvgIpc) is 2.70. The number of benzene rings is 1. The van der Waals surface area contributed by atoms with Crippen molar-refractivity contribution in [2.24, 2.45) is 0 Å². The summed E-state index contributed by atoms with van der Waals surface area (Å²) in [7, 11) is 0. The number of hydrogen-bond donors (Lipinski definition) is 3. The SMILES string of the molecule is Cc1ccc(Cl)cc1NC(=O)C1CC(=O)NN1. The Morgan fingerprint density at radius 3 is 2.94 bits per heavy atom. The van der Waals surface area contributed by atoms with Crippen LogP contribution in [0.2, 0.25) is 5.02 Å². The van der Waals surface area contributed by atoms with E-state index in [1.165, 1.54) is 0 Å². The molecule has 0 saturated carbocycles. The van der Waals surface area contributed by atoms with Gasteiger partial charge >= 0.3 is 0 Å². The molecule has 17 heavy (non-hydrogen) atoms. The number of rotatable bonds is 2. The van der Waals surface area contributed by atoms with Crippen molar-refractivity contribution in [1.82, 2.24) is 10.9 Å². The van der Waals surface area contributed by atoms with E-state index in [-0.39, 0.29) is 18.2 Å². The van der Waals surface area contributed by atoms with Crippen molar-refractivity contribution in [2.45, 2.75) is 19.4 Å². The monoisotopic (exact) mass is 253 g/mol. The lowest BCUT2D eigenvalue weighted by molar-refractivity contribution is -0.121. The molecule has 6 heteroatoms. The minimum Gasteiger partial charge on any atom is -0.324 e. The highest BCUT2D eigenvalue weighted by Crippen LogP contribution is 2.20. The number of anilines is 1. The summed E-state index contributed by atoms with van der Waals surface area (Å²) >= 11 is 5.85. The molecule has 0 aromatic heterocycles. The minimum atomic E-state index is -0.541. The first kappa shape index (κ1) is 11.9. The number of carbonyl (C=O) groups is 2. The Morgan fingerprint density at radius 2 is 2.29 bits per heavy atom. The number of halogens is 1. The fourth-order valence-electron chi connectivity index (χ4n) is 1.56. The molecule has 1 fully saturated rings. The molecule has 1 saturated heterocycles. The molecule has 2 amide bonds. The highest BCUT2D eigenvalue weighted by atomic mass is 35.5. The first-order valence-electron chi connectivity index (χ1n) is 5.17. The van der Waals surface area contributed by atoms with Crippen molar-refractivity contribution >= 4 is 29.1 Å². The molecule has 3 N–H and O–H groups in total. The summed E-state index contributed by atoms with van der Waals surface area (Å²) in [5.41, 5.74) is 6.58. The summed E-state index contributed by atoms with van der Waals surface area (Å²) in [6.45, 7) is 1.87. The molecule has 5 nitrogen and oxygen atoms in total. The van der Waals surface area contributed by atoms with Gasteiger partial charge in [0.25, 0.3) is 0 Å². The van der Waals surface area contributed by atoms with Crippen molar-refractivity contribution in [2.75, 3.05) is 5.32 Å². The third kappa shape index (κ3) is 2.75. The Hall–Kier alpha value is -1.59. The van der Waals surface area contributed by atoms with Crippen LogP contribution in [0.5, 0.6) is 0 Å². The molecule has 1 aromatic rings. The molecular formula is C11H12ClN3O2. The van der Waals surface area contributed by atoms with Crippen LogP contribution in [0.3, 0.4) is 0 Å². The molecule has 1 atom stereocenters. The van der Waals surface area contributed by atoms with E-state index in [9.17, 15) is 9.59 Å². The Labute approximate surface area is 103 Å². The van der Waals surface area contributed by atoms with E-state index in [1.807, 2.05) is 13.0 Å². The summed E-state index contributed by atoms with van der Waals surface area (Å²) in [5, 5.41) is 3.29. The van der Waals surface area contributed by atoms with Crippen molar-refractivity contribution < 1.29 is 9.59 Å². The normalized spacial score (nSPS) is 18.9. The first-order valence-corrected chi connectivity index (χ1v) is 5.55. The second-order valence-corrected chi connectivity index (χ2v) is 4.33. The lowest BCUT2D eigenvalue weighted by atomic mass is 10.1. The molecule has 1 aliphatic heterocycles. The van der Waals surface area contributed by atoms with Gasteiger partial charge in [0.2, 0.25) is 11.8 Å². The fraction of sp³-hybridized carbons (Fsp3) is 0.273. The Balaban J connectivity index is 2.07. The van der Waals surface area contributed by atoms with Crippen molar-refractivity contribution in [3.63, 3.8) is 0 Å². The highest BCUT2D eigenvalue weighted by molar-refractivity contribution is 6.31. The van der Waals surface area contributed by atoms with E-state index in [0.717, 1.165) is 5.56 Å². The van der Waals surface area contributed by atoms with Gasteiger partial charge in [-0.3, -0.25) is 15.0 Å². The third-order valence-corrected chi connectivity index (χ3v) is 2.78. The summed E-state index contributed by atoms with van der Waals surface area (Å²) in [6, 6.07) is 4.72. The molecule has 90 valence electrons. The van der Waals surface area contributed by atoms with Crippen molar-refractivity contribution in [3.8, 4) is 0 Å². The standard InChI is InChI=1S/C11H12ClN3O2/c1-6-2-3-7(12)4-8(6)13-11(17)9-5-10(16)15-14-9/h2-4,9,14H,5H2,1H3,(H,13,17)(H,15,16). The smallest absolute Gasteiger partial charge is 0.243 e. The number of carbonyl (C=O) groups excluding carboxylic acids is 2. The van der Waals surface area contributed by atoms with Crippen LogP contribution in [-0.2, 0) is 9.59 Å². The van der Waals surface area contributed by atoms with Crippen molar-refractivity contribution in [1.29, 1.82) is 0 Å². The van der Waals surface area contributed by atoms with Gasteiger partial charge in [-0.15, -0.1) is 0 Å². The zero-order valence-electron chi connectivity index (χ0n) is 9.21. The van der Waals surface area contributed by atoms with Gasteiger partial charge in [0.05, 0.1) is 6.42 Å². The molecule has 1 unspecified atom stereocenters. The lowest BCUT2D eigenvalue weighted by Crippen LogP contribution is -2.39. The number of hydrogen-bond acceptors (Lipinski definition) is 3. The van der Waals surface area contributed by atoms with Crippen LogP contribution in [0.4, 0.5) is 5.69 Å². The van der Waals surface area contributed by atoms with Gasteiger partial charge in [-0.05, 0) is 24.6 Å². The summed E-state index contributed by atoms with van der Waals surface area (Å²) < 4.78 is 0. The Kier molecular flexibility index (Phi) is 3.31. The number of hydrazine groups is 1. The summed E-state index contributed by atoms with van der Waals surface area (Å²) in [4.78, 5) is 22.8. The maximum absolute atomic E-state index is 11.8.